The second-order valence-electron chi connectivity index (χ2n) is 7.47. The fraction of sp³-hybridized carbons (Fsp3) is 0.227. The van der Waals surface area contributed by atoms with Gasteiger partial charge < -0.3 is 9.73 Å². The number of halogens is 1. The summed E-state index contributed by atoms with van der Waals surface area (Å²) in [5.74, 6) is -0.836. The molecule has 1 amide bonds. The van der Waals surface area contributed by atoms with Gasteiger partial charge in [-0.1, -0.05) is 23.7 Å². The fourth-order valence-corrected chi connectivity index (χ4v) is 4.42. The molecule has 0 radical (unpaired) electrons. The van der Waals surface area contributed by atoms with Gasteiger partial charge in [-0.05, 0) is 36.6 Å². The molecule has 4 rings (SSSR count). The Morgan fingerprint density at radius 2 is 2.12 bits per heavy atom. The average Bonchev–Trinajstić information content (AvgIpc) is 3.33. The lowest BCUT2D eigenvalue weighted by Gasteiger charge is -2.03. The van der Waals surface area contributed by atoms with Crippen LogP contribution in [0.1, 0.15) is 28.8 Å². The standard InChI is InChI=1S/C22H19ClN4O5S/c1-13-4-5-14(10-17(13)23)9-16-12-24-21(33-16)25-20(28)3-2-8-26-18-7-6-15(27(30)31)11-19(18)32-22(26)29/h4-7,10-12H,2-3,8-9H2,1H3,(H,24,25,28). The molecule has 2 aromatic carbocycles. The van der Waals surface area contributed by atoms with Crippen LogP contribution in [0.25, 0.3) is 11.1 Å². The quantitative estimate of drug-likeness (QED) is 0.278. The lowest BCUT2D eigenvalue weighted by Crippen LogP contribution is -2.17. The number of thiazole rings is 1. The number of anilines is 1. The van der Waals surface area contributed by atoms with Crippen molar-refractivity contribution in [3.05, 3.63) is 84.3 Å². The summed E-state index contributed by atoms with van der Waals surface area (Å²) >= 11 is 7.57. The molecule has 0 spiro atoms. The molecule has 170 valence electrons. The number of aryl methyl sites for hydroxylation is 2. The monoisotopic (exact) mass is 486 g/mol. The van der Waals surface area contributed by atoms with E-state index in [1.165, 1.54) is 34.1 Å². The third kappa shape index (κ3) is 5.29. The number of benzene rings is 2. The van der Waals surface area contributed by atoms with Gasteiger partial charge in [0.2, 0.25) is 5.91 Å². The van der Waals surface area contributed by atoms with E-state index in [0.29, 0.717) is 28.5 Å². The maximum atomic E-state index is 12.3. The highest BCUT2D eigenvalue weighted by Crippen LogP contribution is 2.24. The van der Waals surface area contributed by atoms with Crippen molar-refractivity contribution in [1.82, 2.24) is 9.55 Å². The number of non-ortho nitro benzene ring substituents is 1. The second kappa shape index (κ2) is 9.55. The van der Waals surface area contributed by atoms with Crippen LogP contribution in [0, 0.1) is 17.0 Å². The van der Waals surface area contributed by atoms with Crippen molar-refractivity contribution in [3.8, 4) is 0 Å². The third-order valence-electron chi connectivity index (χ3n) is 5.06. The van der Waals surface area contributed by atoms with Crippen molar-refractivity contribution in [2.24, 2.45) is 0 Å². The first-order chi connectivity index (χ1) is 15.8. The maximum absolute atomic E-state index is 12.3. The van der Waals surface area contributed by atoms with E-state index in [0.717, 1.165) is 16.0 Å². The van der Waals surface area contributed by atoms with E-state index in [9.17, 15) is 19.7 Å². The summed E-state index contributed by atoms with van der Waals surface area (Å²) in [5.41, 5.74) is 2.52. The average molecular weight is 487 g/mol. The molecule has 0 atom stereocenters. The number of rotatable bonds is 8. The van der Waals surface area contributed by atoms with Crippen LogP contribution in [0.4, 0.5) is 10.8 Å². The Morgan fingerprint density at radius 3 is 2.88 bits per heavy atom. The van der Waals surface area contributed by atoms with Crippen molar-refractivity contribution >= 4 is 50.8 Å². The number of nitro benzene ring substituents is 1. The molecule has 0 unspecified atom stereocenters. The Morgan fingerprint density at radius 1 is 1.30 bits per heavy atom. The van der Waals surface area contributed by atoms with Gasteiger partial charge in [-0.15, -0.1) is 11.3 Å². The van der Waals surface area contributed by atoms with Crippen molar-refractivity contribution in [2.45, 2.75) is 32.7 Å². The summed E-state index contributed by atoms with van der Waals surface area (Å²) in [4.78, 5) is 40.0. The minimum Gasteiger partial charge on any atom is -0.407 e. The molecule has 0 saturated carbocycles. The number of hydrogen-bond donors (Lipinski definition) is 1. The molecule has 0 bridgehead atoms. The Kier molecular flexibility index (Phi) is 6.57. The van der Waals surface area contributed by atoms with Crippen LogP contribution in [-0.4, -0.2) is 20.4 Å². The summed E-state index contributed by atoms with van der Waals surface area (Å²) in [6.07, 6.45) is 2.96. The predicted molar refractivity (Wildman–Crippen MR) is 126 cm³/mol. The molecule has 33 heavy (non-hydrogen) atoms. The number of nitrogens with one attached hydrogen (secondary N) is 1. The fourth-order valence-electron chi connectivity index (χ4n) is 3.35. The molecule has 2 aromatic heterocycles. The van der Waals surface area contributed by atoms with Crippen LogP contribution < -0.4 is 11.1 Å². The van der Waals surface area contributed by atoms with E-state index in [4.69, 9.17) is 16.0 Å². The molecular weight excluding hydrogens is 468 g/mol. The van der Waals surface area contributed by atoms with Gasteiger partial charge in [0, 0.05) is 41.5 Å². The molecule has 4 aromatic rings. The number of oxazole rings is 1. The number of carbonyl (C=O) groups is 1. The van der Waals surface area contributed by atoms with E-state index in [1.54, 1.807) is 6.20 Å². The van der Waals surface area contributed by atoms with E-state index >= 15 is 0 Å². The predicted octanol–water partition coefficient (Wildman–Crippen LogP) is 4.93. The van der Waals surface area contributed by atoms with Crippen LogP contribution in [0.15, 0.2) is 51.8 Å². The normalized spacial score (nSPS) is 11.1. The Bertz CT molecular complexity index is 1410. The zero-order chi connectivity index (χ0) is 23.5. The zero-order valence-corrected chi connectivity index (χ0v) is 19.1. The van der Waals surface area contributed by atoms with Gasteiger partial charge in [0.1, 0.15) is 0 Å². The van der Waals surface area contributed by atoms with Gasteiger partial charge in [-0.25, -0.2) is 9.78 Å². The van der Waals surface area contributed by atoms with E-state index in [-0.39, 0.29) is 30.1 Å². The molecule has 0 saturated heterocycles. The molecule has 0 aliphatic rings. The first-order valence-corrected chi connectivity index (χ1v) is 11.3. The number of hydrogen-bond acceptors (Lipinski definition) is 7. The molecule has 0 aliphatic carbocycles. The van der Waals surface area contributed by atoms with Crippen LogP contribution in [-0.2, 0) is 17.8 Å². The van der Waals surface area contributed by atoms with E-state index < -0.39 is 10.7 Å². The summed E-state index contributed by atoms with van der Waals surface area (Å²) in [5, 5.41) is 14.9. The number of nitrogens with zero attached hydrogens (tertiary/aromatic N) is 3. The summed E-state index contributed by atoms with van der Waals surface area (Å²) in [6, 6.07) is 9.90. The Labute approximate surface area is 196 Å². The molecule has 0 fully saturated rings. The number of amides is 1. The number of carbonyl (C=O) groups excluding carboxylic acids is 1. The molecule has 2 heterocycles. The Balaban J connectivity index is 1.32. The second-order valence-corrected chi connectivity index (χ2v) is 8.99. The Hall–Kier alpha value is -3.50. The lowest BCUT2D eigenvalue weighted by molar-refractivity contribution is -0.384. The van der Waals surface area contributed by atoms with Crippen LogP contribution in [0.5, 0.6) is 0 Å². The van der Waals surface area contributed by atoms with Crippen molar-refractivity contribution < 1.29 is 14.1 Å². The number of nitro groups is 1. The highest BCUT2D eigenvalue weighted by atomic mass is 35.5. The number of fused-ring (bicyclic) bond motifs is 1. The highest BCUT2D eigenvalue weighted by molar-refractivity contribution is 7.15. The minimum absolute atomic E-state index is 0.142. The van der Waals surface area contributed by atoms with Crippen LogP contribution in [0.2, 0.25) is 5.02 Å². The van der Waals surface area contributed by atoms with Crippen molar-refractivity contribution in [3.63, 3.8) is 0 Å². The van der Waals surface area contributed by atoms with Gasteiger partial charge >= 0.3 is 5.76 Å². The van der Waals surface area contributed by atoms with Gasteiger partial charge in [-0.2, -0.15) is 0 Å². The van der Waals surface area contributed by atoms with E-state index in [2.05, 4.69) is 10.3 Å². The summed E-state index contributed by atoms with van der Waals surface area (Å²) in [7, 11) is 0. The summed E-state index contributed by atoms with van der Waals surface area (Å²) < 4.78 is 6.46. The lowest BCUT2D eigenvalue weighted by atomic mass is 10.1. The maximum Gasteiger partial charge on any atom is 0.419 e. The molecule has 9 nitrogen and oxygen atoms in total. The third-order valence-corrected chi connectivity index (χ3v) is 6.38. The summed E-state index contributed by atoms with van der Waals surface area (Å²) in [6.45, 7) is 2.19. The van der Waals surface area contributed by atoms with Crippen molar-refractivity contribution in [2.75, 3.05) is 5.32 Å². The first kappa shape index (κ1) is 22.7. The topological polar surface area (TPSA) is 120 Å². The zero-order valence-electron chi connectivity index (χ0n) is 17.5. The van der Waals surface area contributed by atoms with Gasteiger partial charge in [0.25, 0.3) is 5.69 Å². The largest absolute Gasteiger partial charge is 0.419 e. The van der Waals surface area contributed by atoms with Crippen molar-refractivity contribution in [1.29, 1.82) is 0 Å². The van der Waals surface area contributed by atoms with Crippen LogP contribution in [0.3, 0.4) is 0 Å². The van der Waals surface area contributed by atoms with Crippen LogP contribution >= 0.6 is 22.9 Å². The minimum atomic E-state index is -0.619. The molecule has 1 N–H and O–H groups in total. The smallest absolute Gasteiger partial charge is 0.407 e. The van der Waals surface area contributed by atoms with Gasteiger partial charge in [0.05, 0.1) is 16.5 Å². The van der Waals surface area contributed by atoms with Gasteiger partial charge in [-0.3, -0.25) is 19.5 Å². The first-order valence-electron chi connectivity index (χ1n) is 10.1. The highest BCUT2D eigenvalue weighted by Gasteiger charge is 2.15. The molecule has 0 aliphatic heterocycles. The molecular formula is C22H19ClN4O5S. The number of aromatic nitrogens is 2. The van der Waals surface area contributed by atoms with E-state index in [1.807, 2.05) is 25.1 Å². The van der Waals surface area contributed by atoms with Gasteiger partial charge in [0.15, 0.2) is 10.7 Å². The SMILES string of the molecule is Cc1ccc(Cc2cnc(NC(=O)CCCn3c(=O)oc4cc([N+](=O)[O-])ccc43)s2)cc1Cl. The molecule has 11 heteroatoms.